The normalized spacial score (nSPS) is 29.0. The van der Waals surface area contributed by atoms with E-state index in [1.165, 1.54) is 23.6 Å². The monoisotopic (exact) mass is 408 g/mol. The van der Waals surface area contributed by atoms with Gasteiger partial charge in [0, 0.05) is 12.7 Å². The maximum Gasteiger partial charge on any atom is 0.327 e. The Hall–Kier alpha value is -2.00. The highest BCUT2D eigenvalue weighted by Crippen LogP contribution is 2.52. The summed E-state index contributed by atoms with van der Waals surface area (Å²) >= 11 is 2.39. The van der Waals surface area contributed by atoms with E-state index in [-0.39, 0.29) is 23.2 Å². The van der Waals surface area contributed by atoms with Crippen LogP contribution in [0.5, 0.6) is 0 Å². The first-order valence-corrected chi connectivity index (χ1v) is 10.3. The summed E-state index contributed by atoms with van der Waals surface area (Å²) in [6.45, 7) is 3.18. The number of thioether (sulfide) groups is 2. The number of aliphatic carboxylic acids is 1. The van der Waals surface area contributed by atoms with E-state index in [4.69, 9.17) is 0 Å². The largest absolute Gasteiger partial charge is 0.480 e. The van der Waals surface area contributed by atoms with Crippen molar-refractivity contribution in [3.8, 4) is 0 Å². The SMILES string of the molecule is CC(=O)SCC1(C)SC2C(NC(=O)Cc3ccccc3)C(=O)N2C1C(=O)O. The second-order valence-electron chi connectivity index (χ2n) is 6.80. The summed E-state index contributed by atoms with van der Waals surface area (Å²) < 4.78 is -0.804. The van der Waals surface area contributed by atoms with E-state index < -0.39 is 34.1 Å². The molecule has 3 rings (SSSR count). The fourth-order valence-electron chi connectivity index (χ4n) is 3.40. The predicted molar refractivity (Wildman–Crippen MR) is 103 cm³/mol. The molecule has 0 aliphatic carbocycles. The maximum atomic E-state index is 12.5. The predicted octanol–water partition coefficient (Wildman–Crippen LogP) is 1.12. The van der Waals surface area contributed by atoms with Crippen molar-refractivity contribution < 1.29 is 24.3 Å². The number of hydrogen-bond acceptors (Lipinski definition) is 6. The first-order chi connectivity index (χ1) is 12.7. The Bertz CT molecular complexity index is 787. The van der Waals surface area contributed by atoms with Crippen molar-refractivity contribution in [3.63, 3.8) is 0 Å². The van der Waals surface area contributed by atoms with E-state index in [1.807, 2.05) is 30.3 Å². The highest BCUT2D eigenvalue weighted by molar-refractivity contribution is 8.14. The van der Waals surface area contributed by atoms with Gasteiger partial charge in [0.15, 0.2) is 5.12 Å². The molecule has 2 aliphatic rings. The second kappa shape index (κ2) is 7.55. The number of benzene rings is 1. The van der Waals surface area contributed by atoms with Crippen LogP contribution in [0.4, 0.5) is 0 Å². The van der Waals surface area contributed by atoms with E-state index >= 15 is 0 Å². The number of nitrogens with zero attached hydrogens (tertiary/aromatic N) is 1. The van der Waals surface area contributed by atoms with Crippen LogP contribution in [0.2, 0.25) is 0 Å². The van der Waals surface area contributed by atoms with Gasteiger partial charge in [-0.1, -0.05) is 42.1 Å². The van der Waals surface area contributed by atoms with Crippen molar-refractivity contribution in [1.82, 2.24) is 10.2 Å². The molecule has 2 saturated heterocycles. The molecule has 2 fully saturated rings. The number of β-lactam (4-membered cyclic amide) rings is 1. The Morgan fingerprint density at radius 3 is 2.56 bits per heavy atom. The van der Waals surface area contributed by atoms with Crippen molar-refractivity contribution in [2.24, 2.45) is 0 Å². The molecule has 7 nitrogen and oxygen atoms in total. The topological polar surface area (TPSA) is 104 Å². The van der Waals surface area contributed by atoms with Crippen molar-refractivity contribution in [2.45, 2.75) is 42.5 Å². The number of hydrogen-bond donors (Lipinski definition) is 2. The van der Waals surface area contributed by atoms with E-state index in [9.17, 15) is 24.3 Å². The van der Waals surface area contributed by atoms with E-state index in [2.05, 4.69) is 5.32 Å². The molecule has 2 amide bonds. The van der Waals surface area contributed by atoms with Gasteiger partial charge in [-0.15, -0.1) is 11.8 Å². The molecule has 9 heteroatoms. The van der Waals surface area contributed by atoms with Gasteiger partial charge in [0.05, 0.1) is 11.2 Å². The lowest BCUT2D eigenvalue weighted by Crippen LogP contribution is -2.70. The van der Waals surface area contributed by atoms with Crippen molar-refractivity contribution >= 4 is 46.4 Å². The van der Waals surface area contributed by atoms with Crippen molar-refractivity contribution in [2.75, 3.05) is 5.75 Å². The van der Waals surface area contributed by atoms with Crippen LogP contribution < -0.4 is 5.32 Å². The van der Waals surface area contributed by atoms with Gasteiger partial charge in [0.25, 0.3) is 0 Å². The summed E-state index contributed by atoms with van der Waals surface area (Å²) in [7, 11) is 0. The van der Waals surface area contributed by atoms with E-state index in [0.717, 1.165) is 17.3 Å². The molecule has 0 radical (unpaired) electrons. The average molecular weight is 409 g/mol. The van der Waals surface area contributed by atoms with Gasteiger partial charge < -0.3 is 15.3 Å². The molecule has 2 aliphatic heterocycles. The minimum atomic E-state index is -1.10. The Balaban J connectivity index is 1.69. The van der Waals surface area contributed by atoms with Gasteiger partial charge in [-0.25, -0.2) is 4.79 Å². The highest BCUT2D eigenvalue weighted by Gasteiger charge is 2.65. The molecule has 0 saturated carbocycles. The number of carbonyl (C=O) groups is 4. The minimum absolute atomic E-state index is 0.103. The van der Waals surface area contributed by atoms with Gasteiger partial charge >= 0.3 is 5.97 Å². The number of rotatable bonds is 6. The molecule has 2 heterocycles. The third-order valence-electron chi connectivity index (χ3n) is 4.65. The van der Waals surface area contributed by atoms with Crippen LogP contribution in [0, 0.1) is 0 Å². The fourth-order valence-corrected chi connectivity index (χ4v) is 6.05. The van der Waals surface area contributed by atoms with Gasteiger partial charge in [-0.3, -0.25) is 14.4 Å². The Morgan fingerprint density at radius 2 is 1.96 bits per heavy atom. The van der Waals surface area contributed by atoms with E-state index in [0.29, 0.717) is 0 Å². The molecule has 4 unspecified atom stereocenters. The Morgan fingerprint density at radius 1 is 1.30 bits per heavy atom. The summed E-state index contributed by atoms with van der Waals surface area (Å²) in [5.41, 5.74) is 0.837. The molecule has 2 N–H and O–H groups in total. The maximum absolute atomic E-state index is 12.5. The van der Waals surface area contributed by atoms with Gasteiger partial charge in [0.2, 0.25) is 11.8 Å². The molecule has 0 aromatic heterocycles. The van der Waals surface area contributed by atoms with Crippen LogP contribution in [0.15, 0.2) is 30.3 Å². The molecule has 4 atom stereocenters. The summed E-state index contributed by atoms with van der Waals surface area (Å²) in [4.78, 5) is 49.2. The minimum Gasteiger partial charge on any atom is -0.480 e. The molecular weight excluding hydrogens is 388 g/mol. The zero-order chi connectivity index (χ0) is 19.8. The number of carboxylic acids is 1. The zero-order valence-electron chi connectivity index (χ0n) is 14.9. The molecule has 0 bridgehead atoms. The highest BCUT2D eigenvalue weighted by atomic mass is 32.2. The van der Waals surface area contributed by atoms with Crippen molar-refractivity contribution in [1.29, 1.82) is 0 Å². The molecule has 1 aromatic rings. The summed E-state index contributed by atoms with van der Waals surface area (Å²) in [6.07, 6.45) is 0.155. The number of fused-ring (bicyclic) bond motifs is 1. The smallest absolute Gasteiger partial charge is 0.327 e. The second-order valence-corrected chi connectivity index (χ2v) is 9.60. The van der Waals surface area contributed by atoms with Gasteiger partial charge in [-0.05, 0) is 12.5 Å². The molecule has 27 heavy (non-hydrogen) atoms. The molecular formula is C18H20N2O5S2. The number of nitrogens with one attached hydrogen (secondary N) is 1. The summed E-state index contributed by atoms with van der Waals surface area (Å²) in [5, 5.41) is 11.8. The standard InChI is InChI=1S/C18H20N2O5S2/c1-10(21)26-9-18(2)14(17(24)25)20-15(23)13(16(20)27-18)19-12(22)8-11-6-4-3-5-7-11/h3-7,13-14,16H,8-9H2,1-2H3,(H,19,22)(H,24,25). The van der Waals surface area contributed by atoms with Gasteiger partial charge in [0.1, 0.15) is 17.5 Å². The zero-order valence-corrected chi connectivity index (χ0v) is 16.5. The summed E-state index contributed by atoms with van der Waals surface area (Å²) in [5.74, 6) is -1.48. The molecule has 0 spiro atoms. The Kier molecular flexibility index (Phi) is 5.53. The third-order valence-corrected chi connectivity index (χ3v) is 7.63. The lowest BCUT2D eigenvalue weighted by molar-refractivity contribution is -0.161. The molecule has 144 valence electrons. The van der Waals surface area contributed by atoms with E-state index in [1.54, 1.807) is 6.92 Å². The quantitative estimate of drug-likeness (QED) is 0.680. The Labute approximate surface area is 165 Å². The number of carbonyl (C=O) groups excluding carboxylic acids is 3. The van der Waals surface area contributed by atoms with Crippen LogP contribution in [0.3, 0.4) is 0 Å². The molecule has 1 aromatic carbocycles. The first kappa shape index (κ1) is 19.8. The number of carboxylic acid groups (broad SMARTS) is 1. The van der Waals surface area contributed by atoms with Crippen molar-refractivity contribution in [3.05, 3.63) is 35.9 Å². The average Bonchev–Trinajstić information content (AvgIpc) is 2.89. The van der Waals surface area contributed by atoms with Crippen LogP contribution in [-0.2, 0) is 25.6 Å². The lowest BCUT2D eigenvalue weighted by Gasteiger charge is -2.43. The summed E-state index contributed by atoms with van der Waals surface area (Å²) in [6, 6.07) is 7.43. The van der Waals surface area contributed by atoms with Crippen LogP contribution in [-0.4, -0.2) is 60.9 Å². The van der Waals surface area contributed by atoms with Crippen LogP contribution >= 0.6 is 23.5 Å². The third kappa shape index (κ3) is 3.84. The van der Waals surface area contributed by atoms with Crippen LogP contribution in [0.1, 0.15) is 19.4 Å². The van der Waals surface area contributed by atoms with Gasteiger partial charge in [-0.2, -0.15) is 0 Å². The lowest BCUT2D eigenvalue weighted by atomic mass is 9.95. The number of amides is 2. The van der Waals surface area contributed by atoms with Crippen LogP contribution in [0.25, 0.3) is 0 Å². The first-order valence-electron chi connectivity index (χ1n) is 8.42. The fraction of sp³-hybridized carbons (Fsp3) is 0.444.